The van der Waals surface area contributed by atoms with Crippen LogP contribution in [0, 0.1) is 0 Å². The lowest BCUT2D eigenvalue weighted by atomic mass is 10.1. The van der Waals surface area contributed by atoms with Gasteiger partial charge in [-0.05, 0) is 27.7 Å². The molecule has 7 nitrogen and oxygen atoms in total. The van der Waals surface area contributed by atoms with E-state index in [1.165, 1.54) is 12.4 Å². The molecule has 2 aromatic rings. The number of ether oxygens (including phenoxy) is 1. The van der Waals surface area contributed by atoms with E-state index in [4.69, 9.17) is 9.26 Å². The second-order valence-corrected chi connectivity index (χ2v) is 5.30. The molecule has 0 saturated heterocycles. The molecular weight excluding hydrogens is 260 g/mol. The van der Waals surface area contributed by atoms with Gasteiger partial charge in [0.2, 0.25) is 11.7 Å². The van der Waals surface area contributed by atoms with Crippen LogP contribution in [0.15, 0.2) is 23.1 Å². The molecule has 0 fully saturated rings. The average molecular weight is 276 g/mol. The average Bonchev–Trinajstić information content (AvgIpc) is 2.86. The maximum absolute atomic E-state index is 11.9. The molecular formula is C13H16N4O3. The van der Waals surface area contributed by atoms with E-state index in [1.807, 2.05) is 0 Å². The van der Waals surface area contributed by atoms with Crippen molar-refractivity contribution in [3.05, 3.63) is 24.5 Å². The molecule has 1 atom stereocenters. The second-order valence-electron chi connectivity index (χ2n) is 5.30. The fraction of sp³-hybridized carbons (Fsp3) is 0.462. The summed E-state index contributed by atoms with van der Waals surface area (Å²) in [5, 5.41) is 3.79. The Labute approximate surface area is 116 Å². The van der Waals surface area contributed by atoms with E-state index in [2.05, 4.69) is 20.1 Å². The van der Waals surface area contributed by atoms with Gasteiger partial charge in [0, 0.05) is 12.4 Å². The Morgan fingerprint density at radius 3 is 2.70 bits per heavy atom. The van der Waals surface area contributed by atoms with Gasteiger partial charge in [0.05, 0.1) is 6.20 Å². The third kappa shape index (κ3) is 3.37. The Hall–Kier alpha value is -2.31. The molecule has 7 heteroatoms. The predicted molar refractivity (Wildman–Crippen MR) is 69.6 cm³/mol. The minimum Gasteiger partial charge on any atom is -0.459 e. The molecule has 0 aliphatic heterocycles. The molecule has 2 heterocycles. The third-order valence-corrected chi connectivity index (χ3v) is 2.36. The van der Waals surface area contributed by atoms with Gasteiger partial charge in [-0.3, -0.25) is 9.78 Å². The standard InChI is InChI=1S/C13H16N4O3/c1-8(12(18)19-13(2,3)4)11-16-10(17-20-11)9-7-14-5-6-15-9/h5-8H,1-4H3/t8-/m1/s1. The number of nitrogens with zero attached hydrogens (tertiary/aromatic N) is 4. The van der Waals surface area contributed by atoms with Crippen molar-refractivity contribution in [1.82, 2.24) is 20.1 Å². The minimum absolute atomic E-state index is 0.194. The van der Waals surface area contributed by atoms with Gasteiger partial charge < -0.3 is 9.26 Å². The van der Waals surface area contributed by atoms with E-state index in [-0.39, 0.29) is 5.89 Å². The van der Waals surface area contributed by atoms with Gasteiger partial charge in [0.15, 0.2) is 0 Å². The number of aromatic nitrogens is 4. The van der Waals surface area contributed by atoms with Gasteiger partial charge in [-0.25, -0.2) is 4.98 Å². The summed E-state index contributed by atoms with van der Waals surface area (Å²) >= 11 is 0. The van der Waals surface area contributed by atoms with Crippen molar-refractivity contribution in [2.75, 3.05) is 0 Å². The SMILES string of the molecule is C[C@@H](C(=O)OC(C)(C)C)c1nc(-c2cnccn2)no1. The summed E-state index contributed by atoms with van der Waals surface area (Å²) in [6, 6.07) is 0. The Morgan fingerprint density at radius 2 is 2.10 bits per heavy atom. The maximum atomic E-state index is 11.9. The van der Waals surface area contributed by atoms with E-state index >= 15 is 0 Å². The molecule has 0 aliphatic rings. The zero-order chi connectivity index (χ0) is 14.8. The van der Waals surface area contributed by atoms with E-state index < -0.39 is 17.5 Å². The van der Waals surface area contributed by atoms with Crippen LogP contribution in [0.2, 0.25) is 0 Å². The van der Waals surface area contributed by atoms with Crippen LogP contribution in [0.5, 0.6) is 0 Å². The summed E-state index contributed by atoms with van der Waals surface area (Å²) in [4.78, 5) is 24.1. The molecule has 0 aromatic carbocycles. The first-order valence-corrected chi connectivity index (χ1v) is 6.19. The van der Waals surface area contributed by atoms with Crippen molar-refractivity contribution in [2.24, 2.45) is 0 Å². The number of hydrogen-bond acceptors (Lipinski definition) is 7. The summed E-state index contributed by atoms with van der Waals surface area (Å²) in [5.74, 6) is -0.553. The van der Waals surface area contributed by atoms with Gasteiger partial charge >= 0.3 is 5.97 Å². The fourth-order valence-electron chi connectivity index (χ4n) is 1.42. The highest BCUT2D eigenvalue weighted by Gasteiger charge is 2.27. The smallest absolute Gasteiger partial charge is 0.318 e. The molecule has 0 spiro atoms. The van der Waals surface area contributed by atoms with E-state index in [1.54, 1.807) is 33.9 Å². The Balaban J connectivity index is 2.15. The number of carbonyl (C=O) groups is 1. The van der Waals surface area contributed by atoms with Crippen LogP contribution in [0.25, 0.3) is 11.5 Å². The van der Waals surface area contributed by atoms with Gasteiger partial charge in [0.25, 0.3) is 0 Å². The monoisotopic (exact) mass is 276 g/mol. The molecule has 0 amide bonds. The molecule has 0 bridgehead atoms. The summed E-state index contributed by atoms with van der Waals surface area (Å²) in [5.41, 5.74) is -0.0714. The zero-order valence-corrected chi connectivity index (χ0v) is 11.8. The third-order valence-electron chi connectivity index (χ3n) is 2.36. The van der Waals surface area contributed by atoms with Crippen LogP contribution in [0.3, 0.4) is 0 Å². The molecule has 20 heavy (non-hydrogen) atoms. The van der Waals surface area contributed by atoms with Crippen molar-refractivity contribution in [1.29, 1.82) is 0 Å². The van der Waals surface area contributed by atoms with Crippen LogP contribution >= 0.6 is 0 Å². The molecule has 0 N–H and O–H groups in total. The topological polar surface area (TPSA) is 91.0 Å². The summed E-state index contributed by atoms with van der Waals surface area (Å²) in [6.07, 6.45) is 4.60. The highest BCUT2D eigenvalue weighted by Crippen LogP contribution is 2.21. The van der Waals surface area contributed by atoms with Gasteiger partial charge in [0.1, 0.15) is 17.2 Å². The normalized spacial score (nSPS) is 13.0. The van der Waals surface area contributed by atoms with Crippen LogP contribution in [-0.2, 0) is 9.53 Å². The van der Waals surface area contributed by atoms with Crippen molar-refractivity contribution < 1.29 is 14.1 Å². The molecule has 2 aromatic heterocycles. The zero-order valence-electron chi connectivity index (χ0n) is 11.8. The van der Waals surface area contributed by atoms with Crippen LogP contribution in [0.1, 0.15) is 39.5 Å². The lowest BCUT2D eigenvalue weighted by molar-refractivity contribution is -0.156. The fourth-order valence-corrected chi connectivity index (χ4v) is 1.42. The van der Waals surface area contributed by atoms with E-state index in [9.17, 15) is 4.79 Å². The number of esters is 1. The summed E-state index contributed by atoms with van der Waals surface area (Å²) in [7, 11) is 0. The second kappa shape index (κ2) is 5.36. The summed E-state index contributed by atoms with van der Waals surface area (Å²) < 4.78 is 10.4. The van der Waals surface area contributed by atoms with Gasteiger partial charge in [-0.1, -0.05) is 5.16 Å². The Bertz CT molecular complexity index is 589. The first kappa shape index (κ1) is 14.1. The molecule has 2 rings (SSSR count). The quantitative estimate of drug-likeness (QED) is 0.791. The largest absolute Gasteiger partial charge is 0.459 e. The molecule has 0 saturated carbocycles. The lowest BCUT2D eigenvalue weighted by Gasteiger charge is -2.20. The minimum atomic E-state index is -0.632. The van der Waals surface area contributed by atoms with E-state index in [0.29, 0.717) is 11.5 Å². The number of carbonyl (C=O) groups excluding carboxylic acids is 1. The van der Waals surface area contributed by atoms with Crippen molar-refractivity contribution >= 4 is 5.97 Å². The van der Waals surface area contributed by atoms with Gasteiger partial charge in [-0.2, -0.15) is 4.98 Å². The molecule has 0 radical (unpaired) electrons. The maximum Gasteiger partial charge on any atom is 0.318 e. The predicted octanol–water partition coefficient (Wildman–Crippen LogP) is 1.97. The van der Waals surface area contributed by atoms with Crippen LogP contribution < -0.4 is 0 Å². The highest BCUT2D eigenvalue weighted by molar-refractivity contribution is 5.76. The number of rotatable bonds is 3. The van der Waals surface area contributed by atoms with Crippen LogP contribution in [0.4, 0.5) is 0 Å². The first-order valence-electron chi connectivity index (χ1n) is 6.19. The first-order chi connectivity index (χ1) is 9.37. The molecule has 0 aliphatic carbocycles. The number of hydrogen-bond donors (Lipinski definition) is 0. The van der Waals surface area contributed by atoms with Crippen molar-refractivity contribution in [3.63, 3.8) is 0 Å². The van der Waals surface area contributed by atoms with Gasteiger partial charge in [-0.15, -0.1) is 0 Å². The Kier molecular flexibility index (Phi) is 3.78. The highest BCUT2D eigenvalue weighted by atomic mass is 16.6. The van der Waals surface area contributed by atoms with Crippen molar-refractivity contribution in [2.45, 2.75) is 39.2 Å². The summed E-state index contributed by atoms with van der Waals surface area (Å²) in [6.45, 7) is 7.06. The molecule has 0 unspecified atom stereocenters. The van der Waals surface area contributed by atoms with Crippen molar-refractivity contribution in [3.8, 4) is 11.5 Å². The van der Waals surface area contributed by atoms with Crippen LogP contribution in [-0.4, -0.2) is 31.7 Å². The Morgan fingerprint density at radius 1 is 1.35 bits per heavy atom. The molecule has 106 valence electrons. The lowest BCUT2D eigenvalue weighted by Crippen LogP contribution is -2.26. The van der Waals surface area contributed by atoms with E-state index in [0.717, 1.165) is 0 Å².